The molecule has 0 heterocycles. The lowest BCUT2D eigenvalue weighted by Gasteiger charge is -2.09. The van der Waals surface area contributed by atoms with Crippen LogP contribution in [-0.4, -0.2) is 11.7 Å². The molecule has 0 atom stereocenters. The van der Waals surface area contributed by atoms with Gasteiger partial charge in [0.05, 0.1) is 0 Å². The lowest BCUT2D eigenvalue weighted by Crippen LogP contribution is -1.96. The molecule has 0 saturated heterocycles. The fourth-order valence-electron chi connectivity index (χ4n) is 1.37. The van der Waals surface area contributed by atoms with Crippen LogP contribution in [0.5, 0.6) is 11.5 Å². The van der Waals surface area contributed by atoms with Crippen LogP contribution in [0.25, 0.3) is 0 Å². The zero-order chi connectivity index (χ0) is 12.1. The van der Waals surface area contributed by atoms with E-state index in [1.165, 1.54) is 0 Å². The number of hydrogen-bond donors (Lipinski definition) is 1. The van der Waals surface area contributed by atoms with Gasteiger partial charge in [0.15, 0.2) is 5.29 Å². The molecule has 1 aromatic carbocycles. The van der Waals surface area contributed by atoms with E-state index in [4.69, 9.17) is 16.3 Å². The Labute approximate surface area is 99.3 Å². The van der Waals surface area contributed by atoms with Crippen molar-refractivity contribution in [3.05, 3.63) is 34.6 Å². The largest absolute Gasteiger partial charge is 0.507 e. The summed E-state index contributed by atoms with van der Waals surface area (Å²) in [6, 6.07) is 3.44. The minimum Gasteiger partial charge on any atom is -0.507 e. The zero-order valence-corrected chi connectivity index (χ0v) is 10.0. The Morgan fingerprint density at radius 2 is 2.25 bits per heavy atom. The third-order valence-corrected chi connectivity index (χ3v) is 2.38. The second-order valence-corrected chi connectivity index (χ2v) is 3.77. The Bertz CT molecular complexity index is 398. The summed E-state index contributed by atoms with van der Waals surface area (Å²) in [5, 5.41) is 8.90. The van der Waals surface area contributed by atoms with Crippen molar-refractivity contribution >= 4 is 11.6 Å². The molecule has 0 fully saturated rings. The Morgan fingerprint density at radius 3 is 2.81 bits per heavy atom. The monoisotopic (exact) mass is 244 g/mol. The van der Waals surface area contributed by atoms with Gasteiger partial charge in [0.25, 0.3) is 0 Å². The normalized spacial score (nSPS) is 11.6. The van der Waals surface area contributed by atoms with Gasteiger partial charge in [-0.05, 0) is 36.6 Å². The van der Waals surface area contributed by atoms with Gasteiger partial charge in [0.1, 0.15) is 18.1 Å². The van der Waals surface area contributed by atoms with Gasteiger partial charge < -0.3 is 9.84 Å². The quantitative estimate of drug-likeness (QED) is 0.875. The van der Waals surface area contributed by atoms with Crippen LogP contribution in [0.3, 0.4) is 0 Å². The van der Waals surface area contributed by atoms with E-state index in [0.29, 0.717) is 12.2 Å². The molecule has 2 nitrogen and oxygen atoms in total. The molecule has 0 radical (unpaired) electrons. The molecule has 0 amide bonds. The molecule has 1 N–H and O–H groups in total. The Hall–Kier alpha value is -1.22. The molecule has 0 aliphatic carbocycles. The van der Waals surface area contributed by atoms with Crippen LogP contribution in [0.2, 0.25) is 0 Å². The van der Waals surface area contributed by atoms with E-state index in [1.807, 2.05) is 6.92 Å². The topological polar surface area (TPSA) is 29.5 Å². The highest BCUT2D eigenvalue weighted by molar-refractivity contribution is 6.28. The van der Waals surface area contributed by atoms with Crippen molar-refractivity contribution < 1.29 is 14.2 Å². The standard InChI is InChI=1S/C12H14ClFO2/c1-3-9-7-10(6-8(2)12(9)15)16-5-4-11(13)14/h4,6-7,15H,3,5H2,1-2H3/b11-4+. The molecule has 1 rings (SSSR count). The molecule has 0 spiro atoms. The number of ether oxygens (including phenoxy) is 1. The lowest BCUT2D eigenvalue weighted by molar-refractivity contribution is 0.358. The molecular weight excluding hydrogens is 231 g/mol. The third kappa shape index (κ3) is 3.42. The number of rotatable bonds is 4. The zero-order valence-electron chi connectivity index (χ0n) is 9.26. The van der Waals surface area contributed by atoms with Crippen molar-refractivity contribution in [2.45, 2.75) is 20.3 Å². The summed E-state index contributed by atoms with van der Waals surface area (Å²) >= 11 is 5.03. The summed E-state index contributed by atoms with van der Waals surface area (Å²) in [5.41, 5.74) is 1.55. The van der Waals surface area contributed by atoms with Crippen molar-refractivity contribution in [3.8, 4) is 11.5 Å². The second kappa shape index (κ2) is 5.75. The van der Waals surface area contributed by atoms with E-state index in [2.05, 4.69) is 0 Å². The van der Waals surface area contributed by atoms with Crippen LogP contribution in [0.4, 0.5) is 4.39 Å². The van der Waals surface area contributed by atoms with E-state index in [9.17, 15) is 9.50 Å². The summed E-state index contributed by atoms with van der Waals surface area (Å²) in [4.78, 5) is 0. The highest BCUT2D eigenvalue weighted by Crippen LogP contribution is 2.28. The summed E-state index contributed by atoms with van der Waals surface area (Å²) in [7, 11) is 0. The van der Waals surface area contributed by atoms with Gasteiger partial charge in [-0.3, -0.25) is 0 Å². The number of hydrogen-bond acceptors (Lipinski definition) is 2. The number of phenols is 1. The first-order valence-electron chi connectivity index (χ1n) is 5.01. The number of aryl methyl sites for hydroxylation is 2. The van der Waals surface area contributed by atoms with Gasteiger partial charge in [0, 0.05) is 6.08 Å². The third-order valence-electron chi connectivity index (χ3n) is 2.22. The summed E-state index contributed by atoms with van der Waals surface area (Å²) < 4.78 is 17.5. The molecule has 4 heteroatoms. The van der Waals surface area contributed by atoms with Gasteiger partial charge in [-0.1, -0.05) is 18.5 Å². The average Bonchev–Trinajstić information content (AvgIpc) is 2.22. The first-order valence-corrected chi connectivity index (χ1v) is 5.38. The van der Waals surface area contributed by atoms with Crippen LogP contribution >= 0.6 is 11.6 Å². The van der Waals surface area contributed by atoms with Gasteiger partial charge in [-0.15, -0.1) is 0 Å². The predicted octanol–water partition coefficient (Wildman–Crippen LogP) is 3.69. The Balaban J connectivity index is 2.82. The van der Waals surface area contributed by atoms with E-state index in [-0.39, 0.29) is 12.4 Å². The van der Waals surface area contributed by atoms with Crippen LogP contribution in [-0.2, 0) is 6.42 Å². The molecule has 1 aromatic rings. The van der Waals surface area contributed by atoms with Gasteiger partial charge in [-0.25, -0.2) is 0 Å². The molecule has 88 valence electrons. The summed E-state index contributed by atoms with van der Waals surface area (Å²) in [6.45, 7) is 3.80. The summed E-state index contributed by atoms with van der Waals surface area (Å²) in [6.07, 6.45) is 1.85. The highest BCUT2D eigenvalue weighted by atomic mass is 35.5. The Morgan fingerprint density at radius 1 is 1.56 bits per heavy atom. The lowest BCUT2D eigenvalue weighted by atomic mass is 10.1. The van der Waals surface area contributed by atoms with Crippen molar-refractivity contribution in [3.63, 3.8) is 0 Å². The molecule has 16 heavy (non-hydrogen) atoms. The van der Waals surface area contributed by atoms with Crippen LogP contribution in [0.15, 0.2) is 23.5 Å². The van der Waals surface area contributed by atoms with Crippen molar-refractivity contribution in [2.24, 2.45) is 0 Å². The smallest absolute Gasteiger partial charge is 0.188 e. The number of halogens is 2. The van der Waals surface area contributed by atoms with Gasteiger partial charge >= 0.3 is 0 Å². The minimum absolute atomic E-state index is 0.0721. The fourth-order valence-corrected chi connectivity index (χ4v) is 1.43. The molecule has 0 aliphatic heterocycles. The first-order chi connectivity index (χ1) is 7.54. The van der Waals surface area contributed by atoms with Crippen LogP contribution in [0.1, 0.15) is 18.1 Å². The average molecular weight is 245 g/mol. The number of benzene rings is 1. The molecular formula is C12H14ClFO2. The predicted molar refractivity (Wildman–Crippen MR) is 62.8 cm³/mol. The van der Waals surface area contributed by atoms with E-state index < -0.39 is 5.29 Å². The number of phenolic OH excluding ortho intramolecular Hbond substituents is 1. The molecule has 0 bridgehead atoms. The maximum atomic E-state index is 12.2. The van der Waals surface area contributed by atoms with Crippen molar-refractivity contribution in [1.82, 2.24) is 0 Å². The van der Waals surface area contributed by atoms with E-state index >= 15 is 0 Å². The Kier molecular flexibility index (Phi) is 4.62. The van der Waals surface area contributed by atoms with Crippen molar-refractivity contribution in [1.29, 1.82) is 0 Å². The van der Waals surface area contributed by atoms with Gasteiger partial charge in [0.2, 0.25) is 0 Å². The van der Waals surface area contributed by atoms with Gasteiger partial charge in [-0.2, -0.15) is 4.39 Å². The molecule has 0 unspecified atom stereocenters. The summed E-state index contributed by atoms with van der Waals surface area (Å²) in [5.74, 6) is 0.884. The van der Waals surface area contributed by atoms with Crippen LogP contribution < -0.4 is 4.74 Å². The minimum atomic E-state index is -0.786. The highest BCUT2D eigenvalue weighted by Gasteiger charge is 2.05. The molecule has 0 aromatic heterocycles. The van der Waals surface area contributed by atoms with E-state index in [0.717, 1.165) is 17.2 Å². The van der Waals surface area contributed by atoms with E-state index in [1.54, 1.807) is 19.1 Å². The SMILES string of the molecule is CCc1cc(OC/C=C(/F)Cl)cc(C)c1O. The maximum Gasteiger partial charge on any atom is 0.188 e. The fraction of sp³-hybridized carbons (Fsp3) is 0.333. The second-order valence-electron chi connectivity index (χ2n) is 3.41. The number of aromatic hydroxyl groups is 1. The first kappa shape index (κ1) is 12.8. The molecule has 0 saturated carbocycles. The van der Waals surface area contributed by atoms with Crippen molar-refractivity contribution in [2.75, 3.05) is 6.61 Å². The van der Waals surface area contributed by atoms with Crippen LogP contribution in [0, 0.1) is 6.92 Å². The maximum absolute atomic E-state index is 12.2. The molecule has 0 aliphatic rings.